The van der Waals surface area contributed by atoms with Crippen LogP contribution >= 0.6 is 0 Å². The van der Waals surface area contributed by atoms with Crippen molar-refractivity contribution in [3.63, 3.8) is 0 Å². The predicted molar refractivity (Wildman–Crippen MR) is 106 cm³/mol. The molecule has 0 saturated heterocycles. The fraction of sp³-hybridized carbons (Fsp3) is 0.227. The first-order chi connectivity index (χ1) is 13.6. The molecule has 1 N–H and O–H groups in total. The van der Waals surface area contributed by atoms with Gasteiger partial charge in [-0.25, -0.2) is 4.98 Å². The Morgan fingerprint density at radius 2 is 1.96 bits per heavy atom. The maximum Gasteiger partial charge on any atom is 0.308 e. The molecule has 6 heteroatoms. The van der Waals surface area contributed by atoms with Crippen LogP contribution in [0.4, 0.5) is 5.69 Å². The van der Waals surface area contributed by atoms with Crippen LogP contribution in [0.3, 0.4) is 0 Å². The average molecular weight is 375 g/mol. The fourth-order valence-electron chi connectivity index (χ4n) is 3.77. The largest absolute Gasteiger partial charge is 0.426 e. The molecule has 2 atom stereocenters. The molecule has 0 saturated carbocycles. The Labute approximate surface area is 163 Å². The third-order valence-corrected chi connectivity index (χ3v) is 4.98. The summed E-state index contributed by atoms with van der Waals surface area (Å²) in [5.41, 5.74) is 2.04. The standard InChI is InChI=1S/C22H21N3O3/c1-3-25-13-12-23-22(25)19-20(15-8-5-4-6-9-15)24-16-10-7-11-17(28-14(2)26)18(16)21(19)27/h4-13,19-20,24H,3H2,1-2H3. The van der Waals surface area contributed by atoms with E-state index in [1.54, 1.807) is 18.3 Å². The van der Waals surface area contributed by atoms with Gasteiger partial charge in [-0.15, -0.1) is 0 Å². The van der Waals surface area contributed by atoms with Crippen molar-refractivity contribution >= 4 is 17.4 Å². The van der Waals surface area contributed by atoms with Crippen LogP contribution in [0, 0.1) is 0 Å². The first-order valence-corrected chi connectivity index (χ1v) is 9.28. The second kappa shape index (κ2) is 7.31. The van der Waals surface area contributed by atoms with Crippen LogP contribution in [-0.2, 0) is 11.3 Å². The lowest BCUT2D eigenvalue weighted by molar-refractivity contribution is -0.131. The summed E-state index contributed by atoms with van der Waals surface area (Å²) in [6.45, 7) is 4.05. The lowest BCUT2D eigenvalue weighted by atomic mass is 9.81. The number of esters is 1. The Kier molecular flexibility index (Phi) is 4.69. The molecule has 0 aliphatic carbocycles. The van der Waals surface area contributed by atoms with Crippen molar-refractivity contribution in [2.24, 2.45) is 0 Å². The number of fused-ring (bicyclic) bond motifs is 1. The highest BCUT2D eigenvalue weighted by Crippen LogP contribution is 2.44. The van der Waals surface area contributed by atoms with E-state index < -0.39 is 11.9 Å². The van der Waals surface area contributed by atoms with Gasteiger partial charge in [-0.2, -0.15) is 0 Å². The van der Waals surface area contributed by atoms with Gasteiger partial charge in [0.2, 0.25) is 0 Å². The van der Waals surface area contributed by atoms with Gasteiger partial charge in [0.25, 0.3) is 0 Å². The number of aromatic nitrogens is 2. The Hall–Kier alpha value is -3.41. The predicted octanol–water partition coefficient (Wildman–Crippen LogP) is 3.96. The van der Waals surface area contributed by atoms with Crippen LogP contribution < -0.4 is 10.1 Å². The molecule has 1 aliphatic heterocycles. The zero-order chi connectivity index (χ0) is 19.7. The van der Waals surface area contributed by atoms with E-state index in [0.29, 0.717) is 23.6 Å². The van der Waals surface area contributed by atoms with Gasteiger partial charge in [-0.3, -0.25) is 9.59 Å². The number of aryl methyl sites for hydroxylation is 1. The van der Waals surface area contributed by atoms with Crippen molar-refractivity contribution in [2.75, 3.05) is 5.32 Å². The number of anilines is 1. The molecule has 1 aromatic heterocycles. The van der Waals surface area contributed by atoms with E-state index in [0.717, 1.165) is 5.56 Å². The summed E-state index contributed by atoms with van der Waals surface area (Å²) in [5.74, 6) is -0.148. The third kappa shape index (κ3) is 3.07. The Balaban J connectivity index is 1.89. The molecule has 28 heavy (non-hydrogen) atoms. The normalized spacial score (nSPS) is 18.3. The van der Waals surface area contributed by atoms with Crippen LogP contribution in [0.1, 0.15) is 47.6 Å². The molecule has 6 nitrogen and oxygen atoms in total. The van der Waals surface area contributed by atoms with Crippen molar-refractivity contribution in [3.05, 3.63) is 77.9 Å². The fourth-order valence-corrected chi connectivity index (χ4v) is 3.77. The first kappa shape index (κ1) is 18.0. The van der Waals surface area contributed by atoms with E-state index in [4.69, 9.17) is 4.74 Å². The summed E-state index contributed by atoms with van der Waals surface area (Å²) < 4.78 is 7.29. The van der Waals surface area contributed by atoms with Gasteiger partial charge < -0.3 is 14.6 Å². The van der Waals surface area contributed by atoms with Crippen molar-refractivity contribution in [2.45, 2.75) is 32.4 Å². The molecular weight excluding hydrogens is 354 g/mol. The average Bonchev–Trinajstić information content (AvgIpc) is 3.16. The minimum atomic E-state index is -0.540. The third-order valence-electron chi connectivity index (χ3n) is 4.98. The highest BCUT2D eigenvalue weighted by molar-refractivity contribution is 6.10. The van der Waals surface area contributed by atoms with Crippen LogP contribution in [0.15, 0.2) is 60.9 Å². The van der Waals surface area contributed by atoms with Gasteiger partial charge in [-0.05, 0) is 24.6 Å². The lowest BCUT2D eigenvalue weighted by Gasteiger charge is -2.34. The van der Waals surface area contributed by atoms with Gasteiger partial charge in [0, 0.05) is 31.5 Å². The number of ketones is 1. The number of carbonyl (C=O) groups excluding carboxylic acids is 2. The van der Waals surface area contributed by atoms with E-state index in [-0.39, 0.29) is 17.6 Å². The quantitative estimate of drug-likeness (QED) is 0.552. The number of hydrogen-bond donors (Lipinski definition) is 1. The molecule has 1 aliphatic rings. The number of imidazole rings is 1. The number of Topliss-reactive ketones (excluding diaryl/α,β-unsaturated/α-hetero) is 1. The molecule has 142 valence electrons. The van der Waals surface area contributed by atoms with E-state index in [9.17, 15) is 9.59 Å². The summed E-state index contributed by atoms with van der Waals surface area (Å²) in [4.78, 5) is 29.7. The molecule has 2 aromatic carbocycles. The molecular formula is C22H21N3O3. The van der Waals surface area contributed by atoms with E-state index in [2.05, 4.69) is 10.3 Å². The van der Waals surface area contributed by atoms with Gasteiger partial charge in [0.1, 0.15) is 17.5 Å². The molecule has 0 bridgehead atoms. The first-order valence-electron chi connectivity index (χ1n) is 9.28. The van der Waals surface area contributed by atoms with Gasteiger partial charge in [-0.1, -0.05) is 36.4 Å². The maximum atomic E-state index is 13.7. The van der Waals surface area contributed by atoms with Gasteiger partial charge in [0.05, 0.1) is 11.6 Å². The monoisotopic (exact) mass is 375 g/mol. The number of carbonyl (C=O) groups is 2. The van der Waals surface area contributed by atoms with Gasteiger partial charge >= 0.3 is 5.97 Å². The molecule has 2 heterocycles. The molecule has 0 fully saturated rings. The number of rotatable bonds is 4. The zero-order valence-electron chi connectivity index (χ0n) is 15.8. The Morgan fingerprint density at radius 3 is 2.68 bits per heavy atom. The SMILES string of the molecule is CCn1ccnc1C1C(=O)c2c(cccc2OC(C)=O)NC1c1ccccc1. The maximum absolute atomic E-state index is 13.7. The molecule has 2 unspecified atom stereocenters. The molecule has 0 spiro atoms. The van der Waals surface area contributed by atoms with Crippen LogP contribution in [-0.4, -0.2) is 21.3 Å². The number of benzene rings is 2. The van der Waals surface area contributed by atoms with Crippen LogP contribution in [0.5, 0.6) is 5.75 Å². The molecule has 0 radical (unpaired) electrons. The van der Waals surface area contributed by atoms with E-state index in [1.165, 1.54) is 6.92 Å². The number of nitrogens with zero attached hydrogens (tertiary/aromatic N) is 2. The van der Waals surface area contributed by atoms with E-state index >= 15 is 0 Å². The zero-order valence-corrected chi connectivity index (χ0v) is 15.8. The van der Waals surface area contributed by atoms with Gasteiger partial charge in [0.15, 0.2) is 5.78 Å². The minimum Gasteiger partial charge on any atom is -0.426 e. The molecule has 4 rings (SSSR count). The van der Waals surface area contributed by atoms with Crippen molar-refractivity contribution in [1.82, 2.24) is 9.55 Å². The van der Waals surface area contributed by atoms with E-state index in [1.807, 2.05) is 54.1 Å². The summed E-state index contributed by atoms with van der Waals surface area (Å²) in [7, 11) is 0. The number of ether oxygens (including phenoxy) is 1. The van der Waals surface area contributed by atoms with Crippen molar-refractivity contribution in [3.8, 4) is 5.75 Å². The summed E-state index contributed by atoms with van der Waals surface area (Å²) in [6.07, 6.45) is 3.58. The van der Waals surface area contributed by atoms with Crippen molar-refractivity contribution < 1.29 is 14.3 Å². The highest BCUT2D eigenvalue weighted by Gasteiger charge is 2.41. The second-order valence-electron chi connectivity index (χ2n) is 6.72. The second-order valence-corrected chi connectivity index (χ2v) is 6.72. The molecule has 3 aromatic rings. The van der Waals surface area contributed by atoms with Crippen LogP contribution in [0.2, 0.25) is 0 Å². The highest BCUT2D eigenvalue weighted by atomic mass is 16.5. The lowest BCUT2D eigenvalue weighted by Crippen LogP contribution is -2.34. The summed E-state index contributed by atoms with van der Waals surface area (Å²) >= 11 is 0. The molecule has 0 amide bonds. The van der Waals surface area contributed by atoms with Crippen LogP contribution in [0.25, 0.3) is 0 Å². The number of nitrogens with one attached hydrogen (secondary N) is 1. The summed E-state index contributed by atoms with van der Waals surface area (Å²) in [6, 6.07) is 14.8. The Bertz CT molecular complexity index is 1030. The Morgan fingerprint density at radius 1 is 1.18 bits per heavy atom. The van der Waals surface area contributed by atoms with Crippen molar-refractivity contribution in [1.29, 1.82) is 0 Å². The smallest absolute Gasteiger partial charge is 0.308 e. The summed E-state index contributed by atoms with van der Waals surface area (Å²) in [5, 5.41) is 3.48. The minimum absolute atomic E-state index is 0.111. The number of hydrogen-bond acceptors (Lipinski definition) is 5. The topological polar surface area (TPSA) is 73.2 Å².